The van der Waals surface area contributed by atoms with Crippen molar-refractivity contribution in [3.63, 3.8) is 0 Å². The number of amides is 1. The Morgan fingerprint density at radius 1 is 0.865 bits per heavy atom. The van der Waals surface area contributed by atoms with Gasteiger partial charge in [0.25, 0.3) is 5.91 Å². The van der Waals surface area contributed by atoms with Crippen molar-refractivity contribution in [1.29, 1.82) is 0 Å². The number of benzene rings is 3. The fourth-order valence-electron chi connectivity index (χ4n) is 4.91. The minimum absolute atomic E-state index is 0. The van der Waals surface area contributed by atoms with E-state index in [0.717, 1.165) is 37.9 Å². The molecule has 5 rings (SSSR count). The van der Waals surface area contributed by atoms with Crippen LogP contribution < -0.4 is 16.0 Å². The second-order valence-electron chi connectivity index (χ2n) is 9.41. The van der Waals surface area contributed by atoms with Crippen LogP contribution >= 0.6 is 24.8 Å². The zero-order valence-corrected chi connectivity index (χ0v) is 21.6. The summed E-state index contributed by atoms with van der Waals surface area (Å²) in [6.07, 6.45) is -1.24. The van der Waals surface area contributed by atoms with Crippen LogP contribution in [0, 0.1) is 0 Å². The minimum atomic E-state index is -4.48. The van der Waals surface area contributed by atoms with Crippen LogP contribution in [0.4, 0.5) is 18.9 Å². The maximum absolute atomic E-state index is 12.9. The van der Waals surface area contributed by atoms with Crippen molar-refractivity contribution in [1.82, 2.24) is 10.6 Å². The summed E-state index contributed by atoms with van der Waals surface area (Å²) in [6.45, 7) is 0.995. The highest BCUT2D eigenvalue weighted by atomic mass is 35.5. The van der Waals surface area contributed by atoms with E-state index in [0.29, 0.717) is 29.7 Å². The van der Waals surface area contributed by atoms with Crippen molar-refractivity contribution in [3.05, 3.63) is 101 Å². The van der Waals surface area contributed by atoms with Gasteiger partial charge >= 0.3 is 6.18 Å². The molecule has 4 nitrogen and oxygen atoms in total. The van der Waals surface area contributed by atoms with E-state index in [1.807, 2.05) is 30.3 Å². The zero-order valence-electron chi connectivity index (χ0n) is 20.0. The van der Waals surface area contributed by atoms with Gasteiger partial charge in [0.05, 0.1) is 5.56 Å². The summed E-state index contributed by atoms with van der Waals surface area (Å²) in [7, 11) is 0. The maximum atomic E-state index is 12.9. The van der Waals surface area contributed by atoms with Crippen LogP contribution in [-0.2, 0) is 6.18 Å². The second kappa shape index (κ2) is 12.3. The van der Waals surface area contributed by atoms with Gasteiger partial charge in [-0.3, -0.25) is 4.79 Å². The summed E-state index contributed by atoms with van der Waals surface area (Å²) in [6, 6.07) is 23.9. The molecule has 3 aromatic carbocycles. The van der Waals surface area contributed by atoms with Crippen molar-refractivity contribution >= 4 is 36.4 Å². The van der Waals surface area contributed by atoms with Gasteiger partial charge in [0.15, 0.2) is 0 Å². The molecule has 0 spiro atoms. The number of nitrogens with one attached hydrogen (secondary N) is 3. The van der Waals surface area contributed by atoms with Crippen LogP contribution in [0.3, 0.4) is 0 Å². The number of hydrogen-bond acceptors (Lipinski definition) is 3. The smallest absolute Gasteiger partial charge is 0.322 e. The molecular weight excluding hydrogens is 522 g/mol. The summed E-state index contributed by atoms with van der Waals surface area (Å²) in [5.74, 6) is -0.123. The summed E-state index contributed by atoms with van der Waals surface area (Å²) in [5, 5.41) is 10.1. The SMILES string of the molecule is Cl.Cl.O=C(Nc1ccc([C@@H]2C[C@H]2NC2CCNC(c3ccccc3)C2)cc1)c1cccc(C(F)(F)F)c1. The Hall–Kier alpha value is -2.58. The van der Waals surface area contributed by atoms with Crippen LogP contribution in [0.25, 0.3) is 0 Å². The zero-order chi connectivity index (χ0) is 24.4. The van der Waals surface area contributed by atoms with Gasteiger partial charge in [-0.1, -0.05) is 48.5 Å². The first-order valence-corrected chi connectivity index (χ1v) is 12.0. The molecule has 1 amide bonds. The van der Waals surface area contributed by atoms with Gasteiger partial charge < -0.3 is 16.0 Å². The van der Waals surface area contributed by atoms with E-state index in [1.165, 1.54) is 23.3 Å². The molecular formula is C28H30Cl2F3N3O. The topological polar surface area (TPSA) is 53.2 Å². The molecule has 0 bridgehead atoms. The first-order chi connectivity index (χ1) is 16.9. The average molecular weight is 552 g/mol. The Balaban J connectivity index is 0.00000190. The van der Waals surface area contributed by atoms with Gasteiger partial charge in [0, 0.05) is 35.3 Å². The van der Waals surface area contributed by atoms with Crippen molar-refractivity contribution in [2.45, 2.75) is 49.5 Å². The molecule has 198 valence electrons. The molecule has 3 N–H and O–H groups in total. The number of alkyl halides is 3. The third kappa shape index (κ3) is 7.26. The molecule has 1 aliphatic heterocycles. The fraction of sp³-hybridized carbons (Fsp3) is 0.321. The standard InChI is InChI=1S/C28H28F3N3O.2ClH/c29-28(30,31)21-8-4-7-20(15-21)27(35)34-22-11-9-18(10-12-22)24-17-26(24)33-23-13-14-32-25(16-23)19-5-2-1-3-6-19;;/h1-12,15,23-26,32-33H,13-14,16-17H2,(H,34,35);2*1H/t23?,24-,25?,26+;;/m0../s1. The van der Waals surface area contributed by atoms with E-state index < -0.39 is 17.6 Å². The van der Waals surface area contributed by atoms with Crippen LogP contribution in [-0.4, -0.2) is 24.5 Å². The van der Waals surface area contributed by atoms with Gasteiger partial charge in [-0.15, -0.1) is 24.8 Å². The number of carbonyl (C=O) groups excluding carboxylic acids is 1. The normalized spacial score (nSPS) is 22.8. The van der Waals surface area contributed by atoms with Gasteiger partial charge in [0.1, 0.15) is 0 Å². The molecule has 0 radical (unpaired) electrons. The molecule has 37 heavy (non-hydrogen) atoms. The maximum Gasteiger partial charge on any atom is 0.416 e. The molecule has 9 heteroatoms. The molecule has 1 saturated carbocycles. The Morgan fingerprint density at radius 2 is 1.59 bits per heavy atom. The van der Waals surface area contributed by atoms with E-state index in [4.69, 9.17) is 0 Å². The molecule has 0 aromatic heterocycles. The minimum Gasteiger partial charge on any atom is -0.322 e. The highest BCUT2D eigenvalue weighted by Crippen LogP contribution is 2.42. The Labute approximate surface area is 227 Å². The lowest BCUT2D eigenvalue weighted by atomic mass is 9.93. The molecule has 2 aliphatic rings. The van der Waals surface area contributed by atoms with Crippen LogP contribution in [0.5, 0.6) is 0 Å². The lowest BCUT2D eigenvalue weighted by Gasteiger charge is -2.31. The fourth-order valence-corrected chi connectivity index (χ4v) is 4.91. The van der Waals surface area contributed by atoms with Crippen molar-refractivity contribution in [2.24, 2.45) is 0 Å². The van der Waals surface area contributed by atoms with E-state index in [9.17, 15) is 18.0 Å². The van der Waals surface area contributed by atoms with E-state index >= 15 is 0 Å². The number of hydrogen-bond donors (Lipinski definition) is 3. The number of rotatable bonds is 6. The van der Waals surface area contributed by atoms with Crippen molar-refractivity contribution in [3.8, 4) is 0 Å². The third-order valence-corrected chi connectivity index (χ3v) is 6.89. The Morgan fingerprint density at radius 3 is 2.30 bits per heavy atom. The number of halogens is 5. The van der Waals surface area contributed by atoms with Gasteiger partial charge in [-0.2, -0.15) is 13.2 Å². The molecule has 3 aromatic rings. The monoisotopic (exact) mass is 551 g/mol. The summed E-state index contributed by atoms with van der Waals surface area (Å²) in [5.41, 5.74) is 2.23. The van der Waals surface area contributed by atoms with E-state index in [2.05, 4.69) is 40.2 Å². The largest absolute Gasteiger partial charge is 0.416 e. The first kappa shape index (κ1) is 29.0. The lowest BCUT2D eigenvalue weighted by Crippen LogP contribution is -2.43. The number of anilines is 1. The van der Waals surface area contributed by atoms with Crippen molar-refractivity contribution in [2.75, 3.05) is 11.9 Å². The summed E-state index contributed by atoms with van der Waals surface area (Å²) >= 11 is 0. The number of carbonyl (C=O) groups is 1. The summed E-state index contributed by atoms with van der Waals surface area (Å²) < 4.78 is 38.8. The Kier molecular flexibility index (Phi) is 9.64. The summed E-state index contributed by atoms with van der Waals surface area (Å²) in [4.78, 5) is 12.4. The molecule has 2 fully saturated rings. The predicted octanol–water partition coefficient (Wildman–Crippen LogP) is 6.74. The van der Waals surface area contributed by atoms with Gasteiger partial charge in [-0.25, -0.2) is 0 Å². The quantitative estimate of drug-likeness (QED) is 0.318. The van der Waals surface area contributed by atoms with Crippen LogP contribution in [0.15, 0.2) is 78.9 Å². The third-order valence-electron chi connectivity index (χ3n) is 6.89. The first-order valence-electron chi connectivity index (χ1n) is 12.0. The lowest BCUT2D eigenvalue weighted by molar-refractivity contribution is -0.137. The predicted molar refractivity (Wildman–Crippen MR) is 145 cm³/mol. The van der Waals surface area contributed by atoms with Gasteiger partial charge in [-0.05, 0) is 67.3 Å². The molecule has 2 unspecified atom stereocenters. The van der Waals surface area contributed by atoms with E-state index in [-0.39, 0.29) is 30.4 Å². The van der Waals surface area contributed by atoms with Crippen LogP contribution in [0.1, 0.15) is 58.3 Å². The second-order valence-corrected chi connectivity index (χ2v) is 9.41. The van der Waals surface area contributed by atoms with Crippen LogP contribution in [0.2, 0.25) is 0 Å². The molecule has 1 aliphatic carbocycles. The average Bonchev–Trinajstić information content (AvgIpc) is 3.63. The number of piperidine rings is 1. The van der Waals surface area contributed by atoms with Crippen molar-refractivity contribution < 1.29 is 18.0 Å². The highest BCUT2D eigenvalue weighted by molar-refractivity contribution is 6.04. The van der Waals surface area contributed by atoms with Gasteiger partial charge in [0.2, 0.25) is 0 Å². The Bertz CT molecular complexity index is 1180. The highest BCUT2D eigenvalue weighted by Gasteiger charge is 2.40. The molecule has 1 saturated heterocycles. The molecule has 4 atom stereocenters. The van der Waals surface area contributed by atoms with E-state index in [1.54, 1.807) is 0 Å². The molecule has 1 heterocycles.